The van der Waals surface area contributed by atoms with Crippen LogP contribution in [0.25, 0.3) is 10.9 Å². The van der Waals surface area contributed by atoms with E-state index in [1.54, 1.807) is 0 Å². The topological polar surface area (TPSA) is 17.8 Å². The minimum absolute atomic E-state index is 0.668. The van der Waals surface area contributed by atoms with Crippen LogP contribution < -0.4 is 0 Å². The number of benzene rings is 1. The molecule has 1 saturated carbocycles. The Bertz CT molecular complexity index is 538. The number of aryl methyl sites for hydroxylation is 1. The molecule has 1 aromatic carbocycles. The molecule has 3 rings (SSSR count). The van der Waals surface area contributed by atoms with Gasteiger partial charge in [0, 0.05) is 22.8 Å². The SMILES string of the molecule is Cn1nc(C2CCCCC2)c2cccc(Br)c21. The van der Waals surface area contributed by atoms with E-state index in [0.717, 1.165) is 4.47 Å². The molecule has 0 aliphatic heterocycles. The van der Waals surface area contributed by atoms with Gasteiger partial charge >= 0.3 is 0 Å². The van der Waals surface area contributed by atoms with Gasteiger partial charge in [-0.2, -0.15) is 5.10 Å². The molecular formula is C14H17BrN2. The van der Waals surface area contributed by atoms with Gasteiger partial charge in [-0.05, 0) is 34.8 Å². The van der Waals surface area contributed by atoms with E-state index in [4.69, 9.17) is 5.10 Å². The lowest BCUT2D eigenvalue weighted by atomic mass is 9.86. The predicted molar refractivity (Wildman–Crippen MR) is 74.2 cm³/mol. The first kappa shape index (κ1) is 11.3. The summed E-state index contributed by atoms with van der Waals surface area (Å²) < 4.78 is 3.16. The smallest absolute Gasteiger partial charge is 0.0824 e. The standard InChI is InChI=1S/C14H17BrN2/c1-17-14-11(8-5-9-12(14)15)13(16-17)10-6-3-2-4-7-10/h5,8-10H,2-4,6-7H2,1H3. The van der Waals surface area contributed by atoms with Crippen molar-refractivity contribution in [3.63, 3.8) is 0 Å². The highest BCUT2D eigenvalue weighted by Crippen LogP contribution is 2.37. The zero-order valence-electron chi connectivity index (χ0n) is 10.1. The average Bonchev–Trinajstić information content (AvgIpc) is 2.69. The number of nitrogens with zero attached hydrogens (tertiary/aromatic N) is 2. The van der Waals surface area contributed by atoms with Gasteiger partial charge in [-0.25, -0.2) is 0 Å². The van der Waals surface area contributed by atoms with Crippen LogP contribution in [0.2, 0.25) is 0 Å². The Hall–Kier alpha value is -0.830. The van der Waals surface area contributed by atoms with Gasteiger partial charge in [0.2, 0.25) is 0 Å². The molecule has 90 valence electrons. The Morgan fingerprint density at radius 3 is 2.76 bits per heavy atom. The summed E-state index contributed by atoms with van der Waals surface area (Å²) in [7, 11) is 2.04. The predicted octanol–water partition coefficient (Wildman–Crippen LogP) is 4.38. The van der Waals surface area contributed by atoms with Crippen LogP contribution >= 0.6 is 15.9 Å². The van der Waals surface area contributed by atoms with Crippen LogP contribution in [0, 0.1) is 0 Å². The molecule has 0 unspecified atom stereocenters. The molecular weight excluding hydrogens is 276 g/mol. The van der Waals surface area contributed by atoms with E-state index in [1.807, 2.05) is 11.7 Å². The van der Waals surface area contributed by atoms with Crippen LogP contribution in [0.3, 0.4) is 0 Å². The molecule has 1 aliphatic rings. The third-order valence-corrected chi connectivity index (χ3v) is 4.48. The molecule has 0 bridgehead atoms. The molecule has 1 aromatic heterocycles. The molecule has 2 nitrogen and oxygen atoms in total. The van der Waals surface area contributed by atoms with E-state index in [0.29, 0.717) is 5.92 Å². The highest BCUT2D eigenvalue weighted by Gasteiger charge is 2.21. The third kappa shape index (κ3) is 1.90. The maximum atomic E-state index is 4.76. The molecule has 0 saturated heterocycles. The Morgan fingerprint density at radius 1 is 1.24 bits per heavy atom. The zero-order chi connectivity index (χ0) is 11.8. The van der Waals surface area contributed by atoms with Gasteiger partial charge in [0.1, 0.15) is 0 Å². The highest BCUT2D eigenvalue weighted by molar-refractivity contribution is 9.10. The second kappa shape index (κ2) is 4.45. The van der Waals surface area contributed by atoms with Gasteiger partial charge in [-0.3, -0.25) is 4.68 Å². The molecule has 1 fully saturated rings. The number of para-hydroxylation sites is 1. The van der Waals surface area contributed by atoms with Crippen molar-refractivity contribution < 1.29 is 0 Å². The zero-order valence-corrected chi connectivity index (χ0v) is 11.7. The van der Waals surface area contributed by atoms with Gasteiger partial charge in [-0.15, -0.1) is 0 Å². The van der Waals surface area contributed by atoms with Gasteiger partial charge in [-0.1, -0.05) is 31.4 Å². The fraction of sp³-hybridized carbons (Fsp3) is 0.500. The number of hydrogen-bond donors (Lipinski definition) is 0. The van der Waals surface area contributed by atoms with Crippen LogP contribution in [0.1, 0.15) is 43.7 Å². The van der Waals surface area contributed by atoms with Gasteiger partial charge in [0.15, 0.2) is 0 Å². The average molecular weight is 293 g/mol. The van der Waals surface area contributed by atoms with Crippen molar-refractivity contribution in [2.24, 2.45) is 7.05 Å². The Balaban J connectivity index is 2.13. The molecule has 17 heavy (non-hydrogen) atoms. The van der Waals surface area contributed by atoms with Crippen LogP contribution in [0.5, 0.6) is 0 Å². The first-order valence-corrected chi connectivity index (χ1v) is 7.18. The van der Waals surface area contributed by atoms with Crippen molar-refractivity contribution in [1.82, 2.24) is 9.78 Å². The van der Waals surface area contributed by atoms with E-state index in [-0.39, 0.29) is 0 Å². The number of hydrogen-bond acceptors (Lipinski definition) is 1. The van der Waals surface area contributed by atoms with Crippen molar-refractivity contribution in [3.8, 4) is 0 Å². The fourth-order valence-corrected chi connectivity index (χ4v) is 3.62. The van der Waals surface area contributed by atoms with E-state index in [2.05, 4.69) is 34.1 Å². The molecule has 1 heterocycles. The van der Waals surface area contributed by atoms with Gasteiger partial charge < -0.3 is 0 Å². The first-order valence-electron chi connectivity index (χ1n) is 6.38. The highest BCUT2D eigenvalue weighted by atomic mass is 79.9. The van der Waals surface area contributed by atoms with Crippen molar-refractivity contribution in [2.75, 3.05) is 0 Å². The van der Waals surface area contributed by atoms with E-state index < -0.39 is 0 Å². The molecule has 0 amide bonds. The molecule has 0 atom stereocenters. The van der Waals surface area contributed by atoms with Gasteiger partial charge in [0.05, 0.1) is 11.2 Å². The Labute approximate surface area is 110 Å². The molecule has 0 spiro atoms. The maximum Gasteiger partial charge on any atom is 0.0824 e. The summed E-state index contributed by atoms with van der Waals surface area (Å²) in [6.07, 6.45) is 6.72. The number of rotatable bonds is 1. The minimum atomic E-state index is 0.668. The maximum absolute atomic E-state index is 4.76. The second-order valence-electron chi connectivity index (χ2n) is 4.98. The van der Waals surface area contributed by atoms with Crippen LogP contribution in [0.15, 0.2) is 22.7 Å². The summed E-state index contributed by atoms with van der Waals surface area (Å²) in [5.74, 6) is 0.668. The monoisotopic (exact) mass is 292 g/mol. The number of halogens is 1. The van der Waals surface area contributed by atoms with E-state index in [1.165, 1.54) is 48.7 Å². The van der Waals surface area contributed by atoms with Crippen molar-refractivity contribution in [1.29, 1.82) is 0 Å². The van der Waals surface area contributed by atoms with Crippen molar-refractivity contribution >= 4 is 26.8 Å². The molecule has 3 heteroatoms. The Morgan fingerprint density at radius 2 is 2.00 bits per heavy atom. The summed E-state index contributed by atoms with van der Waals surface area (Å²) in [4.78, 5) is 0. The lowest BCUT2D eigenvalue weighted by Crippen LogP contribution is -2.06. The summed E-state index contributed by atoms with van der Waals surface area (Å²) >= 11 is 3.62. The van der Waals surface area contributed by atoms with Crippen LogP contribution in [-0.2, 0) is 7.05 Å². The number of fused-ring (bicyclic) bond motifs is 1. The first-order chi connectivity index (χ1) is 8.27. The van der Waals surface area contributed by atoms with E-state index in [9.17, 15) is 0 Å². The summed E-state index contributed by atoms with van der Waals surface area (Å²) in [5.41, 5.74) is 2.54. The Kier molecular flexibility index (Phi) is 2.95. The summed E-state index contributed by atoms with van der Waals surface area (Å²) in [5, 5.41) is 6.09. The minimum Gasteiger partial charge on any atom is -0.266 e. The normalized spacial score (nSPS) is 17.8. The molecule has 0 radical (unpaired) electrons. The quantitative estimate of drug-likeness (QED) is 0.762. The molecule has 0 N–H and O–H groups in total. The summed E-state index contributed by atoms with van der Waals surface area (Å²) in [6, 6.07) is 6.41. The van der Waals surface area contributed by atoms with Gasteiger partial charge in [0.25, 0.3) is 0 Å². The number of aromatic nitrogens is 2. The molecule has 2 aromatic rings. The largest absolute Gasteiger partial charge is 0.266 e. The van der Waals surface area contributed by atoms with Crippen molar-refractivity contribution in [3.05, 3.63) is 28.4 Å². The van der Waals surface area contributed by atoms with E-state index >= 15 is 0 Å². The van der Waals surface area contributed by atoms with Crippen molar-refractivity contribution in [2.45, 2.75) is 38.0 Å². The third-order valence-electron chi connectivity index (χ3n) is 3.84. The second-order valence-corrected chi connectivity index (χ2v) is 5.83. The van der Waals surface area contributed by atoms with Crippen LogP contribution in [-0.4, -0.2) is 9.78 Å². The molecule has 1 aliphatic carbocycles. The lowest BCUT2D eigenvalue weighted by molar-refractivity contribution is 0.435. The fourth-order valence-electron chi connectivity index (χ4n) is 2.99. The van der Waals surface area contributed by atoms with Crippen LogP contribution in [0.4, 0.5) is 0 Å². The summed E-state index contributed by atoms with van der Waals surface area (Å²) in [6.45, 7) is 0. The lowest BCUT2D eigenvalue weighted by Gasteiger charge is -2.19.